The van der Waals surface area contributed by atoms with Gasteiger partial charge in [0.1, 0.15) is 0 Å². The molecule has 0 aliphatic carbocycles. The molecule has 2 atom stereocenters. The van der Waals surface area contributed by atoms with Crippen LogP contribution in [-0.2, 0) is 4.74 Å². The van der Waals surface area contributed by atoms with E-state index in [0.29, 0.717) is 18.1 Å². The van der Waals surface area contributed by atoms with E-state index in [-0.39, 0.29) is 0 Å². The number of rotatable bonds is 13. The molecule has 2 nitrogen and oxygen atoms in total. The zero-order valence-electron chi connectivity index (χ0n) is 14.0. The van der Waals surface area contributed by atoms with Crippen LogP contribution < -0.4 is 5.32 Å². The molecule has 0 radical (unpaired) electrons. The molecule has 0 fully saturated rings. The van der Waals surface area contributed by atoms with E-state index in [2.05, 4.69) is 40.1 Å². The Morgan fingerprint density at radius 1 is 0.895 bits per heavy atom. The van der Waals surface area contributed by atoms with Crippen LogP contribution in [0.3, 0.4) is 0 Å². The molecule has 0 saturated heterocycles. The number of ether oxygens (including phenoxy) is 1. The van der Waals surface area contributed by atoms with Gasteiger partial charge in [-0.05, 0) is 26.3 Å². The second kappa shape index (κ2) is 12.9. The summed E-state index contributed by atoms with van der Waals surface area (Å²) in [5.41, 5.74) is 0. The van der Waals surface area contributed by atoms with Crippen LogP contribution in [0.1, 0.15) is 79.1 Å². The normalized spacial score (nSPS) is 14.8. The minimum absolute atomic E-state index is 0.357. The van der Waals surface area contributed by atoms with Crippen LogP contribution in [0.2, 0.25) is 0 Å². The summed E-state index contributed by atoms with van der Waals surface area (Å²) in [6.45, 7) is 9.70. The number of hydrogen-bond acceptors (Lipinski definition) is 2. The van der Waals surface area contributed by atoms with Crippen molar-refractivity contribution in [3.8, 4) is 0 Å². The smallest absolute Gasteiger partial charge is 0.0750 e. The molecular formula is C17H37NO. The molecule has 0 aromatic rings. The average molecular weight is 271 g/mol. The number of nitrogens with one attached hydrogen (secondary N) is 1. The van der Waals surface area contributed by atoms with Gasteiger partial charge in [0.2, 0.25) is 0 Å². The highest BCUT2D eigenvalue weighted by Gasteiger charge is 2.22. The van der Waals surface area contributed by atoms with E-state index in [0.717, 1.165) is 6.61 Å². The molecule has 0 amide bonds. The van der Waals surface area contributed by atoms with Crippen molar-refractivity contribution in [2.45, 2.75) is 91.2 Å². The van der Waals surface area contributed by atoms with Crippen molar-refractivity contribution in [2.75, 3.05) is 13.7 Å². The van der Waals surface area contributed by atoms with E-state index >= 15 is 0 Å². The molecule has 0 heterocycles. The molecule has 0 rings (SSSR count). The van der Waals surface area contributed by atoms with Crippen molar-refractivity contribution >= 4 is 0 Å². The Bertz CT molecular complexity index is 182. The summed E-state index contributed by atoms with van der Waals surface area (Å²) in [6, 6.07) is 0.510. The Hall–Kier alpha value is -0.0800. The van der Waals surface area contributed by atoms with E-state index in [9.17, 15) is 0 Å². The lowest BCUT2D eigenvalue weighted by Gasteiger charge is -2.30. The summed E-state index contributed by atoms with van der Waals surface area (Å²) in [5.74, 6) is 0.585. The molecule has 1 N–H and O–H groups in total. The van der Waals surface area contributed by atoms with Crippen molar-refractivity contribution in [3.05, 3.63) is 0 Å². The van der Waals surface area contributed by atoms with Gasteiger partial charge in [-0.2, -0.15) is 0 Å². The molecule has 0 spiro atoms. The van der Waals surface area contributed by atoms with Crippen LogP contribution in [-0.4, -0.2) is 25.8 Å². The summed E-state index contributed by atoms with van der Waals surface area (Å²) < 4.78 is 5.90. The van der Waals surface area contributed by atoms with Crippen LogP contribution in [0, 0.1) is 5.92 Å². The molecule has 0 aliphatic rings. The standard InChI is InChI=1S/C17H37NO/c1-6-8-9-10-11-12-13-14-16(18-5)17(15(3)4)19-7-2/h15-18H,6-14H2,1-5H3. The highest BCUT2D eigenvalue weighted by atomic mass is 16.5. The molecule has 19 heavy (non-hydrogen) atoms. The molecule has 0 bridgehead atoms. The SMILES string of the molecule is CCCCCCCCCC(NC)C(OCC)C(C)C. The van der Waals surface area contributed by atoms with Crippen LogP contribution >= 0.6 is 0 Å². The second-order valence-corrected chi connectivity index (χ2v) is 5.97. The van der Waals surface area contributed by atoms with Crippen molar-refractivity contribution in [1.29, 1.82) is 0 Å². The predicted molar refractivity (Wildman–Crippen MR) is 85.7 cm³/mol. The first kappa shape index (κ1) is 18.9. The third kappa shape index (κ3) is 9.45. The summed E-state index contributed by atoms with van der Waals surface area (Å²) in [5, 5.41) is 3.45. The zero-order chi connectivity index (χ0) is 14.5. The van der Waals surface area contributed by atoms with Gasteiger partial charge in [-0.1, -0.05) is 65.7 Å². The summed E-state index contributed by atoms with van der Waals surface area (Å²) in [4.78, 5) is 0. The van der Waals surface area contributed by atoms with Gasteiger partial charge in [-0.25, -0.2) is 0 Å². The number of hydrogen-bond donors (Lipinski definition) is 1. The Morgan fingerprint density at radius 2 is 1.47 bits per heavy atom. The van der Waals surface area contributed by atoms with E-state index in [1.807, 2.05) is 0 Å². The maximum absolute atomic E-state index is 5.90. The Balaban J connectivity index is 3.78. The molecular weight excluding hydrogens is 234 g/mol. The monoisotopic (exact) mass is 271 g/mol. The minimum Gasteiger partial charge on any atom is -0.377 e. The molecule has 0 aromatic heterocycles. The molecule has 0 aliphatic heterocycles. The molecule has 2 unspecified atom stereocenters. The first-order chi connectivity index (χ1) is 9.17. The van der Waals surface area contributed by atoms with Crippen LogP contribution in [0.5, 0.6) is 0 Å². The largest absolute Gasteiger partial charge is 0.377 e. The van der Waals surface area contributed by atoms with Gasteiger partial charge in [0.05, 0.1) is 6.10 Å². The molecule has 0 saturated carbocycles. The van der Waals surface area contributed by atoms with E-state index in [4.69, 9.17) is 4.74 Å². The summed E-state index contributed by atoms with van der Waals surface area (Å²) >= 11 is 0. The lowest BCUT2D eigenvalue weighted by atomic mass is 9.94. The second-order valence-electron chi connectivity index (χ2n) is 5.97. The Labute approximate surface area is 121 Å². The summed E-state index contributed by atoms with van der Waals surface area (Å²) in [7, 11) is 2.07. The Morgan fingerprint density at radius 3 is 1.95 bits per heavy atom. The van der Waals surface area contributed by atoms with Crippen molar-refractivity contribution in [2.24, 2.45) is 5.92 Å². The third-order valence-corrected chi connectivity index (χ3v) is 3.90. The topological polar surface area (TPSA) is 21.3 Å². The fourth-order valence-corrected chi connectivity index (χ4v) is 2.76. The van der Waals surface area contributed by atoms with E-state index < -0.39 is 0 Å². The highest BCUT2D eigenvalue weighted by molar-refractivity contribution is 4.78. The van der Waals surface area contributed by atoms with Gasteiger partial charge in [0.25, 0.3) is 0 Å². The van der Waals surface area contributed by atoms with Crippen molar-refractivity contribution < 1.29 is 4.74 Å². The van der Waals surface area contributed by atoms with Gasteiger partial charge in [0, 0.05) is 12.6 Å². The maximum Gasteiger partial charge on any atom is 0.0750 e. The van der Waals surface area contributed by atoms with Gasteiger partial charge < -0.3 is 10.1 Å². The van der Waals surface area contributed by atoms with E-state index in [1.54, 1.807) is 0 Å². The lowest BCUT2D eigenvalue weighted by Crippen LogP contribution is -2.42. The van der Waals surface area contributed by atoms with Crippen molar-refractivity contribution in [3.63, 3.8) is 0 Å². The average Bonchev–Trinajstić information content (AvgIpc) is 2.40. The fourth-order valence-electron chi connectivity index (χ4n) is 2.76. The molecule has 2 heteroatoms. The molecule has 116 valence electrons. The van der Waals surface area contributed by atoms with Crippen LogP contribution in [0.25, 0.3) is 0 Å². The predicted octanol–water partition coefficient (Wildman–Crippen LogP) is 4.78. The first-order valence-electron chi connectivity index (χ1n) is 8.46. The number of unbranched alkanes of at least 4 members (excludes halogenated alkanes) is 6. The maximum atomic E-state index is 5.90. The van der Waals surface area contributed by atoms with Gasteiger partial charge in [0.15, 0.2) is 0 Å². The first-order valence-corrected chi connectivity index (χ1v) is 8.46. The third-order valence-electron chi connectivity index (χ3n) is 3.90. The highest BCUT2D eigenvalue weighted by Crippen LogP contribution is 2.17. The zero-order valence-corrected chi connectivity index (χ0v) is 14.0. The van der Waals surface area contributed by atoms with E-state index in [1.165, 1.54) is 51.4 Å². The van der Waals surface area contributed by atoms with Gasteiger partial charge in [-0.15, -0.1) is 0 Å². The van der Waals surface area contributed by atoms with Crippen LogP contribution in [0.4, 0.5) is 0 Å². The Kier molecular flexibility index (Phi) is 12.9. The quantitative estimate of drug-likeness (QED) is 0.487. The summed E-state index contributed by atoms with van der Waals surface area (Å²) in [6.07, 6.45) is 11.3. The fraction of sp³-hybridized carbons (Fsp3) is 1.00. The molecule has 0 aromatic carbocycles. The van der Waals surface area contributed by atoms with Gasteiger partial charge >= 0.3 is 0 Å². The lowest BCUT2D eigenvalue weighted by molar-refractivity contribution is 0.00271. The van der Waals surface area contributed by atoms with Crippen LogP contribution in [0.15, 0.2) is 0 Å². The van der Waals surface area contributed by atoms with Gasteiger partial charge in [-0.3, -0.25) is 0 Å². The number of likely N-dealkylation sites (N-methyl/N-ethyl adjacent to an activating group) is 1. The van der Waals surface area contributed by atoms with Crippen molar-refractivity contribution in [1.82, 2.24) is 5.32 Å². The minimum atomic E-state index is 0.357.